The molecular weight excluding hydrogens is 142 g/mol. The Kier molecular flexibility index (Phi) is 2.11. The van der Waals surface area contributed by atoms with E-state index in [1.807, 2.05) is 0 Å². The van der Waals surface area contributed by atoms with Crippen molar-refractivity contribution in [3.8, 4) is 0 Å². The summed E-state index contributed by atoms with van der Waals surface area (Å²) in [6, 6.07) is 1.27. The molecule has 2 N–H and O–H groups in total. The molecule has 0 aromatic heterocycles. The molecule has 64 valence electrons. The zero-order chi connectivity index (χ0) is 7.68. The number of aliphatic hydroxyl groups excluding tert-OH is 1. The summed E-state index contributed by atoms with van der Waals surface area (Å²) in [4.78, 5) is 0. The third kappa shape index (κ3) is 1.41. The fourth-order valence-electron chi connectivity index (χ4n) is 2.16. The molecular formula is C8H15NO2. The average Bonchev–Trinajstić information content (AvgIpc) is 2.60. The van der Waals surface area contributed by atoms with E-state index in [0.29, 0.717) is 24.8 Å². The lowest BCUT2D eigenvalue weighted by Gasteiger charge is -2.19. The van der Waals surface area contributed by atoms with Gasteiger partial charge in [-0.05, 0) is 19.3 Å². The SMILES string of the molecule is OCCOC1CC2CCC1N2. The average molecular weight is 157 g/mol. The summed E-state index contributed by atoms with van der Waals surface area (Å²) in [6.07, 6.45) is 4.08. The summed E-state index contributed by atoms with van der Waals surface area (Å²) < 4.78 is 5.47. The molecule has 3 unspecified atom stereocenters. The van der Waals surface area contributed by atoms with Gasteiger partial charge in [-0.1, -0.05) is 0 Å². The standard InChI is InChI=1S/C8H15NO2/c10-3-4-11-8-5-6-1-2-7(8)9-6/h6-10H,1-5H2. The van der Waals surface area contributed by atoms with E-state index >= 15 is 0 Å². The van der Waals surface area contributed by atoms with E-state index < -0.39 is 0 Å². The topological polar surface area (TPSA) is 41.5 Å². The van der Waals surface area contributed by atoms with Crippen molar-refractivity contribution in [2.24, 2.45) is 0 Å². The molecule has 3 nitrogen and oxygen atoms in total. The van der Waals surface area contributed by atoms with Gasteiger partial charge in [0.2, 0.25) is 0 Å². The molecule has 2 rings (SSSR count). The Morgan fingerprint density at radius 2 is 2.36 bits per heavy atom. The minimum absolute atomic E-state index is 0.147. The second kappa shape index (κ2) is 3.09. The van der Waals surface area contributed by atoms with Crippen molar-refractivity contribution in [3.05, 3.63) is 0 Å². The van der Waals surface area contributed by atoms with Gasteiger partial charge in [-0.25, -0.2) is 0 Å². The first-order valence-electron chi connectivity index (χ1n) is 4.38. The highest BCUT2D eigenvalue weighted by Gasteiger charge is 2.39. The van der Waals surface area contributed by atoms with E-state index in [4.69, 9.17) is 9.84 Å². The molecule has 2 bridgehead atoms. The van der Waals surface area contributed by atoms with Gasteiger partial charge >= 0.3 is 0 Å². The first-order valence-corrected chi connectivity index (χ1v) is 4.38. The predicted molar refractivity (Wildman–Crippen MR) is 41.4 cm³/mol. The summed E-state index contributed by atoms with van der Waals surface area (Å²) in [5.41, 5.74) is 0. The van der Waals surface area contributed by atoms with Crippen LogP contribution >= 0.6 is 0 Å². The number of rotatable bonds is 3. The van der Waals surface area contributed by atoms with Crippen molar-refractivity contribution in [2.75, 3.05) is 13.2 Å². The van der Waals surface area contributed by atoms with Crippen LogP contribution in [0, 0.1) is 0 Å². The van der Waals surface area contributed by atoms with Crippen LogP contribution in [0.25, 0.3) is 0 Å². The maximum atomic E-state index is 8.55. The molecule has 0 radical (unpaired) electrons. The molecule has 2 saturated heterocycles. The second-order valence-corrected chi connectivity index (χ2v) is 3.42. The maximum Gasteiger partial charge on any atom is 0.0744 e. The van der Waals surface area contributed by atoms with Crippen LogP contribution in [-0.2, 0) is 4.74 Å². The van der Waals surface area contributed by atoms with Gasteiger partial charge in [-0.15, -0.1) is 0 Å². The number of ether oxygens (including phenoxy) is 1. The largest absolute Gasteiger partial charge is 0.394 e. The lowest BCUT2D eigenvalue weighted by atomic mass is 9.98. The summed E-state index contributed by atoms with van der Waals surface area (Å²) in [5.74, 6) is 0. The number of aliphatic hydroxyl groups is 1. The third-order valence-electron chi connectivity index (χ3n) is 2.66. The molecule has 2 heterocycles. The minimum atomic E-state index is 0.147. The van der Waals surface area contributed by atoms with Gasteiger partial charge in [-0.3, -0.25) is 0 Å². The van der Waals surface area contributed by atoms with Crippen LogP contribution in [0.4, 0.5) is 0 Å². The van der Waals surface area contributed by atoms with Crippen LogP contribution < -0.4 is 5.32 Å². The Labute approximate surface area is 66.7 Å². The molecule has 0 aromatic rings. The van der Waals surface area contributed by atoms with Crippen LogP contribution in [0.5, 0.6) is 0 Å². The summed E-state index contributed by atoms with van der Waals surface area (Å²) >= 11 is 0. The Morgan fingerprint density at radius 3 is 2.91 bits per heavy atom. The van der Waals surface area contributed by atoms with Crippen LogP contribution in [-0.4, -0.2) is 36.5 Å². The second-order valence-electron chi connectivity index (χ2n) is 3.42. The highest BCUT2D eigenvalue weighted by atomic mass is 16.5. The molecule has 2 aliphatic heterocycles. The van der Waals surface area contributed by atoms with Crippen LogP contribution in [0.1, 0.15) is 19.3 Å². The summed E-state index contributed by atoms with van der Waals surface area (Å²) in [5, 5.41) is 12.0. The molecule has 3 heteroatoms. The van der Waals surface area contributed by atoms with Crippen molar-refractivity contribution in [3.63, 3.8) is 0 Å². The molecule has 0 saturated carbocycles. The monoisotopic (exact) mass is 157 g/mol. The molecule has 0 amide bonds. The van der Waals surface area contributed by atoms with Gasteiger partial charge < -0.3 is 15.2 Å². The van der Waals surface area contributed by atoms with Gasteiger partial charge in [0, 0.05) is 12.1 Å². The molecule has 2 aliphatic rings. The van der Waals surface area contributed by atoms with Gasteiger partial charge in [0.25, 0.3) is 0 Å². The van der Waals surface area contributed by atoms with Gasteiger partial charge in [0.15, 0.2) is 0 Å². The molecule has 11 heavy (non-hydrogen) atoms. The fraction of sp³-hybridized carbons (Fsp3) is 1.00. The van der Waals surface area contributed by atoms with E-state index in [-0.39, 0.29) is 6.61 Å². The first kappa shape index (κ1) is 7.53. The number of fused-ring (bicyclic) bond motifs is 2. The highest BCUT2D eigenvalue weighted by molar-refractivity contribution is 4.98. The Morgan fingerprint density at radius 1 is 1.45 bits per heavy atom. The summed E-state index contributed by atoms with van der Waals surface area (Å²) in [6.45, 7) is 0.642. The number of hydrogen-bond acceptors (Lipinski definition) is 3. The normalized spacial score (nSPS) is 41.7. The van der Waals surface area contributed by atoms with Crippen molar-refractivity contribution in [1.29, 1.82) is 0 Å². The van der Waals surface area contributed by atoms with Crippen molar-refractivity contribution >= 4 is 0 Å². The molecule has 3 atom stereocenters. The van der Waals surface area contributed by atoms with E-state index in [1.165, 1.54) is 12.8 Å². The Balaban J connectivity index is 1.78. The molecule has 2 fully saturated rings. The van der Waals surface area contributed by atoms with Crippen LogP contribution in [0.2, 0.25) is 0 Å². The molecule has 0 aromatic carbocycles. The smallest absolute Gasteiger partial charge is 0.0744 e. The lowest BCUT2D eigenvalue weighted by Crippen LogP contribution is -2.30. The van der Waals surface area contributed by atoms with Crippen molar-refractivity contribution in [2.45, 2.75) is 37.5 Å². The predicted octanol–water partition coefficient (Wildman–Crippen LogP) is -0.112. The Hall–Kier alpha value is -0.120. The molecule has 0 aliphatic carbocycles. The van der Waals surface area contributed by atoms with E-state index in [1.54, 1.807) is 0 Å². The van der Waals surface area contributed by atoms with E-state index in [0.717, 1.165) is 6.42 Å². The highest BCUT2D eigenvalue weighted by Crippen LogP contribution is 2.29. The number of hydrogen-bond donors (Lipinski definition) is 2. The van der Waals surface area contributed by atoms with Gasteiger partial charge in [-0.2, -0.15) is 0 Å². The van der Waals surface area contributed by atoms with Gasteiger partial charge in [0.1, 0.15) is 0 Å². The van der Waals surface area contributed by atoms with Crippen LogP contribution in [0.15, 0.2) is 0 Å². The van der Waals surface area contributed by atoms with Gasteiger partial charge in [0.05, 0.1) is 19.3 Å². The van der Waals surface area contributed by atoms with Crippen molar-refractivity contribution < 1.29 is 9.84 Å². The molecule has 0 spiro atoms. The van der Waals surface area contributed by atoms with E-state index in [9.17, 15) is 0 Å². The van der Waals surface area contributed by atoms with E-state index in [2.05, 4.69) is 5.32 Å². The lowest BCUT2D eigenvalue weighted by molar-refractivity contribution is 0.0159. The zero-order valence-electron chi connectivity index (χ0n) is 6.62. The Bertz CT molecular complexity index is 140. The van der Waals surface area contributed by atoms with Crippen LogP contribution in [0.3, 0.4) is 0 Å². The minimum Gasteiger partial charge on any atom is -0.394 e. The maximum absolute atomic E-state index is 8.55. The fourth-order valence-corrected chi connectivity index (χ4v) is 2.16. The zero-order valence-corrected chi connectivity index (χ0v) is 6.62. The quantitative estimate of drug-likeness (QED) is 0.600. The summed E-state index contributed by atoms with van der Waals surface area (Å²) in [7, 11) is 0. The first-order chi connectivity index (χ1) is 5.40. The third-order valence-corrected chi connectivity index (χ3v) is 2.66. The van der Waals surface area contributed by atoms with Crippen molar-refractivity contribution in [1.82, 2.24) is 5.32 Å². The number of nitrogens with one attached hydrogen (secondary N) is 1.